The molecule has 0 radical (unpaired) electrons. The molecule has 154 valence electrons. The van der Waals surface area contributed by atoms with Crippen LogP contribution in [0.15, 0.2) is 18.2 Å². The van der Waals surface area contributed by atoms with Gasteiger partial charge in [-0.15, -0.1) is 0 Å². The fourth-order valence-electron chi connectivity index (χ4n) is 4.17. The Morgan fingerprint density at radius 2 is 1.79 bits per heavy atom. The number of hydrogen-bond donors (Lipinski definition) is 1. The molecule has 2 heterocycles. The van der Waals surface area contributed by atoms with Crippen molar-refractivity contribution < 1.29 is 19.1 Å². The summed E-state index contributed by atoms with van der Waals surface area (Å²) in [5.74, 6) is 1.16. The largest absolute Gasteiger partial charge is 0.497 e. The predicted molar refractivity (Wildman–Crippen MR) is 107 cm³/mol. The van der Waals surface area contributed by atoms with Crippen molar-refractivity contribution in [2.75, 3.05) is 40.4 Å². The fraction of sp³-hybridized carbons (Fsp3) is 0.619. The van der Waals surface area contributed by atoms with Crippen LogP contribution in [0, 0.1) is 5.92 Å². The minimum absolute atomic E-state index is 0.0469. The first-order chi connectivity index (χ1) is 13.4. The summed E-state index contributed by atoms with van der Waals surface area (Å²) in [5, 5.41) is 2.94. The molecule has 0 spiro atoms. The van der Waals surface area contributed by atoms with E-state index in [4.69, 9.17) is 9.47 Å². The van der Waals surface area contributed by atoms with Crippen LogP contribution in [0.4, 0.5) is 4.79 Å². The standard InChI is InChI=1S/C21H31N3O4/c1-14(2)22-21(26)24-12-17(16-11-15(27-3)7-8-19(16)28-4)18(13-24)20(25)23-9-5-6-10-23/h7-8,11,14,17-18H,5-6,9-10,12-13H2,1-4H3,(H,22,26)/t17-,18-/m0/s1. The lowest BCUT2D eigenvalue weighted by Crippen LogP contribution is -2.43. The molecule has 7 nitrogen and oxygen atoms in total. The van der Waals surface area contributed by atoms with Crippen LogP contribution in [0.5, 0.6) is 11.5 Å². The van der Waals surface area contributed by atoms with Gasteiger partial charge in [-0.1, -0.05) is 0 Å². The lowest BCUT2D eigenvalue weighted by molar-refractivity contribution is -0.134. The molecule has 1 aromatic rings. The SMILES string of the molecule is COc1ccc(OC)c([C@@H]2CN(C(=O)NC(C)C)C[C@@H]2C(=O)N2CCCC2)c1. The number of benzene rings is 1. The number of carbonyl (C=O) groups excluding carboxylic acids is 2. The minimum atomic E-state index is -0.281. The smallest absolute Gasteiger partial charge is 0.317 e. The van der Waals surface area contributed by atoms with Gasteiger partial charge in [0.1, 0.15) is 11.5 Å². The summed E-state index contributed by atoms with van der Waals surface area (Å²) in [6, 6.07) is 5.56. The molecule has 3 rings (SSSR count). The van der Waals surface area contributed by atoms with Crippen molar-refractivity contribution in [3.8, 4) is 11.5 Å². The van der Waals surface area contributed by atoms with E-state index in [1.54, 1.807) is 19.1 Å². The Labute approximate surface area is 167 Å². The summed E-state index contributed by atoms with van der Waals surface area (Å²) in [7, 11) is 3.25. The minimum Gasteiger partial charge on any atom is -0.497 e. The van der Waals surface area contributed by atoms with E-state index in [0.717, 1.165) is 37.2 Å². The molecule has 7 heteroatoms. The van der Waals surface area contributed by atoms with Crippen molar-refractivity contribution >= 4 is 11.9 Å². The second kappa shape index (κ2) is 8.71. The van der Waals surface area contributed by atoms with E-state index >= 15 is 0 Å². The fourth-order valence-corrected chi connectivity index (χ4v) is 4.17. The molecule has 1 aromatic carbocycles. The highest BCUT2D eigenvalue weighted by Gasteiger charge is 2.43. The van der Waals surface area contributed by atoms with Gasteiger partial charge in [-0.05, 0) is 44.9 Å². The number of ether oxygens (including phenoxy) is 2. The number of hydrogen-bond acceptors (Lipinski definition) is 4. The van der Waals surface area contributed by atoms with Crippen LogP contribution >= 0.6 is 0 Å². The lowest BCUT2D eigenvalue weighted by Gasteiger charge is -2.25. The molecule has 0 aliphatic carbocycles. The molecule has 0 saturated carbocycles. The van der Waals surface area contributed by atoms with Gasteiger partial charge in [-0.25, -0.2) is 4.79 Å². The Hall–Kier alpha value is -2.44. The highest BCUT2D eigenvalue weighted by molar-refractivity contribution is 5.83. The highest BCUT2D eigenvalue weighted by Crippen LogP contribution is 2.40. The molecule has 0 bridgehead atoms. The van der Waals surface area contributed by atoms with Crippen molar-refractivity contribution in [2.24, 2.45) is 5.92 Å². The molecule has 28 heavy (non-hydrogen) atoms. The average Bonchev–Trinajstić information content (AvgIpc) is 3.36. The highest BCUT2D eigenvalue weighted by atomic mass is 16.5. The van der Waals surface area contributed by atoms with E-state index in [9.17, 15) is 9.59 Å². The number of nitrogens with one attached hydrogen (secondary N) is 1. The second-order valence-electron chi connectivity index (χ2n) is 7.86. The van der Waals surface area contributed by atoms with E-state index in [0.29, 0.717) is 18.8 Å². The molecule has 2 saturated heterocycles. The Bertz CT molecular complexity index is 716. The third-order valence-corrected chi connectivity index (χ3v) is 5.59. The summed E-state index contributed by atoms with van der Waals surface area (Å²) in [4.78, 5) is 29.6. The topological polar surface area (TPSA) is 71.1 Å². The number of methoxy groups -OCH3 is 2. The molecular formula is C21H31N3O4. The monoisotopic (exact) mass is 389 g/mol. The first-order valence-electron chi connectivity index (χ1n) is 10.0. The van der Waals surface area contributed by atoms with Crippen LogP contribution < -0.4 is 14.8 Å². The number of carbonyl (C=O) groups is 2. The molecule has 2 atom stereocenters. The van der Waals surface area contributed by atoms with E-state index in [-0.39, 0.29) is 29.8 Å². The number of amides is 3. The van der Waals surface area contributed by atoms with E-state index < -0.39 is 0 Å². The number of urea groups is 1. The number of likely N-dealkylation sites (tertiary alicyclic amines) is 2. The number of rotatable bonds is 5. The van der Waals surface area contributed by atoms with Crippen LogP contribution in [0.25, 0.3) is 0 Å². The zero-order valence-corrected chi connectivity index (χ0v) is 17.2. The Balaban J connectivity index is 1.92. The third-order valence-electron chi connectivity index (χ3n) is 5.59. The van der Waals surface area contributed by atoms with Crippen molar-refractivity contribution in [2.45, 2.75) is 38.6 Å². The molecule has 1 N–H and O–H groups in total. The van der Waals surface area contributed by atoms with Gasteiger partial charge in [0.2, 0.25) is 5.91 Å². The van der Waals surface area contributed by atoms with Crippen molar-refractivity contribution in [3.63, 3.8) is 0 Å². The van der Waals surface area contributed by atoms with E-state index in [2.05, 4.69) is 5.32 Å². The first-order valence-corrected chi connectivity index (χ1v) is 10.0. The van der Waals surface area contributed by atoms with Gasteiger partial charge in [0.05, 0.1) is 20.1 Å². The molecule has 2 aliphatic rings. The summed E-state index contributed by atoms with van der Waals surface area (Å²) in [6.45, 7) is 6.36. The normalized spacial score (nSPS) is 21.9. The summed E-state index contributed by atoms with van der Waals surface area (Å²) in [6.07, 6.45) is 2.09. The summed E-state index contributed by atoms with van der Waals surface area (Å²) < 4.78 is 11.0. The Morgan fingerprint density at radius 3 is 2.39 bits per heavy atom. The van der Waals surface area contributed by atoms with Crippen molar-refractivity contribution in [1.29, 1.82) is 0 Å². The van der Waals surface area contributed by atoms with Gasteiger partial charge in [-0.3, -0.25) is 4.79 Å². The molecule has 3 amide bonds. The van der Waals surface area contributed by atoms with Crippen molar-refractivity contribution in [3.05, 3.63) is 23.8 Å². The van der Waals surface area contributed by atoms with Gasteiger partial charge in [0.25, 0.3) is 0 Å². The molecule has 0 unspecified atom stereocenters. The van der Waals surface area contributed by atoms with Gasteiger partial charge in [-0.2, -0.15) is 0 Å². The maximum Gasteiger partial charge on any atom is 0.317 e. The molecule has 0 aromatic heterocycles. The van der Waals surface area contributed by atoms with Gasteiger partial charge < -0.3 is 24.6 Å². The quantitative estimate of drug-likeness (QED) is 0.840. The molecular weight excluding hydrogens is 358 g/mol. The average molecular weight is 389 g/mol. The maximum atomic E-state index is 13.3. The van der Waals surface area contributed by atoms with Crippen LogP contribution in [-0.4, -0.2) is 68.2 Å². The predicted octanol–water partition coefficient (Wildman–Crippen LogP) is 2.46. The Morgan fingerprint density at radius 1 is 1.07 bits per heavy atom. The van der Waals surface area contributed by atoms with Crippen LogP contribution in [0.3, 0.4) is 0 Å². The van der Waals surface area contributed by atoms with Crippen LogP contribution in [0.1, 0.15) is 38.2 Å². The summed E-state index contributed by atoms with van der Waals surface area (Å²) in [5.41, 5.74) is 0.916. The maximum absolute atomic E-state index is 13.3. The van der Waals surface area contributed by atoms with E-state index in [1.807, 2.05) is 36.9 Å². The third kappa shape index (κ3) is 4.18. The molecule has 2 aliphatic heterocycles. The van der Waals surface area contributed by atoms with Gasteiger partial charge in [0.15, 0.2) is 0 Å². The zero-order chi connectivity index (χ0) is 20.3. The molecule has 2 fully saturated rings. The lowest BCUT2D eigenvalue weighted by atomic mass is 9.87. The van der Waals surface area contributed by atoms with Gasteiger partial charge >= 0.3 is 6.03 Å². The van der Waals surface area contributed by atoms with Gasteiger partial charge in [0, 0.05) is 43.7 Å². The Kier molecular flexibility index (Phi) is 6.31. The zero-order valence-electron chi connectivity index (χ0n) is 17.2. The van der Waals surface area contributed by atoms with E-state index in [1.165, 1.54) is 0 Å². The number of nitrogens with zero attached hydrogens (tertiary/aromatic N) is 2. The van der Waals surface area contributed by atoms with Crippen LogP contribution in [0.2, 0.25) is 0 Å². The second-order valence-corrected chi connectivity index (χ2v) is 7.86. The first kappa shape index (κ1) is 20.3. The van der Waals surface area contributed by atoms with Crippen molar-refractivity contribution in [1.82, 2.24) is 15.1 Å². The summed E-state index contributed by atoms with van der Waals surface area (Å²) >= 11 is 0. The van der Waals surface area contributed by atoms with Crippen LogP contribution in [-0.2, 0) is 4.79 Å².